The molecular weight excluding hydrogens is 485 g/mol. The molecule has 4 aromatic rings. The molecule has 1 unspecified atom stereocenters. The maximum atomic E-state index is 13.0. The van der Waals surface area contributed by atoms with Crippen molar-refractivity contribution in [3.05, 3.63) is 71.7 Å². The van der Waals surface area contributed by atoms with Crippen molar-refractivity contribution in [2.45, 2.75) is 38.5 Å². The third kappa shape index (κ3) is 5.21. The van der Waals surface area contributed by atoms with Gasteiger partial charge in [-0.15, -0.1) is 0 Å². The molecule has 0 spiro atoms. The molecule has 0 saturated carbocycles. The van der Waals surface area contributed by atoms with E-state index in [1.54, 1.807) is 23.2 Å². The van der Waals surface area contributed by atoms with Crippen molar-refractivity contribution in [3.63, 3.8) is 0 Å². The van der Waals surface area contributed by atoms with Crippen LogP contribution in [0.25, 0.3) is 22.4 Å². The van der Waals surface area contributed by atoms with Gasteiger partial charge in [0.25, 0.3) is 0 Å². The van der Waals surface area contributed by atoms with Crippen LogP contribution in [-0.2, 0) is 17.5 Å². The van der Waals surface area contributed by atoms with Crippen molar-refractivity contribution in [1.29, 1.82) is 0 Å². The van der Waals surface area contributed by atoms with Crippen molar-refractivity contribution in [3.8, 4) is 11.4 Å². The minimum absolute atomic E-state index is 0.198. The Bertz CT molecular complexity index is 1460. The molecule has 0 radical (unpaired) electrons. The minimum atomic E-state index is -4.44. The first-order valence-electron chi connectivity index (χ1n) is 11.7. The molecule has 0 bridgehead atoms. The van der Waals surface area contributed by atoms with Gasteiger partial charge in [0.15, 0.2) is 5.65 Å². The number of carboxylic acid groups (broad SMARTS) is 1. The first-order valence-corrected chi connectivity index (χ1v) is 11.7. The molecular formula is C26H23F3N6O2. The molecule has 1 aromatic carbocycles. The third-order valence-electron chi connectivity index (χ3n) is 6.33. The molecule has 1 saturated heterocycles. The Morgan fingerprint density at radius 2 is 1.89 bits per heavy atom. The Labute approximate surface area is 210 Å². The molecule has 0 amide bonds. The van der Waals surface area contributed by atoms with Gasteiger partial charge in [0, 0.05) is 11.9 Å². The lowest BCUT2D eigenvalue weighted by Gasteiger charge is -2.20. The van der Waals surface area contributed by atoms with Gasteiger partial charge in [0.1, 0.15) is 17.7 Å². The molecule has 1 fully saturated rings. The number of aliphatic carboxylic acids is 1. The van der Waals surface area contributed by atoms with E-state index in [9.17, 15) is 23.1 Å². The van der Waals surface area contributed by atoms with Crippen LogP contribution in [0.5, 0.6) is 0 Å². The fraction of sp³-hybridized carbons (Fsp3) is 0.269. The van der Waals surface area contributed by atoms with E-state index in [0.717, 1.165) is 24.1 Å². The van der Waals surface area contributed by atoms with Crippen LogP contribution in [-0.4, -0.2) is 48.5 Å². The number of nitrogens with zero attached hydrogens (tertiary/aromatic N) is 5. The van der Waals surface area contributed by atoms with Gasteiger partial charge in [0.05, 0.1) is 28.9 Å². The van der Waals surface area contributed by atoms with E-state index in [1.807, 2.05) is 19.1 Å². The summed E-state index contributed by atoms with van der Waals surface area (Å²) in [4.78, 5) is 31.8. The number of aromatic nitrogens is 4. The number of pyridine rings is 2. The molecule has 37 heavy (non-hydrogen) atoms. The summed E-state index contributed by atoms with van der Waals surface area (Å²) in [7, 11) is 0. The van der Waals surface area contributed by atoms with E-state index in [2.05, 4.69) is 20.3 Å². The smallest absolute Gasteiger partial charge is 0.416 e. The lowest BCUT2D eigenvalue weighted by Crippen LogP contribution is -2.35. The van der Waals surface area contributed by atoms with Gasteiger partial charge in [-0.1, -0.05) is 6.07 Å². The van der Waals surface area contributed by atoms with Crippen LogP contribution in [0.15, 0.2) is 54.7 Å². The molecule has 4 heterocycles. The number of nitrogens with one attached hydrogen (secondary N) is 1. The van der Waals surface area contributed by atoms with Crippen LogP contribution in [0.3, 0.4) is 0 Å². The van der Waals surface area contributed by atoms with Gasteiger partial charge in [-0.25, -0.2) is 15.0 Å². The van der Waals surface area contributed by atoms with Gasteiger partial charge >= 0.3 is 12.1 Å². The zero-order valence-corrected chi connectivity index (χ0v) is 19.8. The average Bonchev–Trinajstić information content (AvgIpc) is 3.32. The Balaban J connectivity index is 1.56. The van der Waals surface area contributed by atoms with Crippen LogP contribution in [0.1, 0.15) is 29.8 Å². The molecule has 11 heteroatoms. The Hall–Kier alpha value is -4.12. The summed E-state index contributed by atoms with van der Waals surface area (Å²) in [5, 5.41) is 13.2. The first kappa shape index (κ1) is 24.6. The number of aryl methyl sites for hydroxylation is 1. The summed E-state index contributed by atoms with van der Waals surface area (Å²) >= 11 is 0. The fourth-order valence-corrected chi connectivity index (χ4v) is 4.46. The summed E-state index contributed by atoms with van der Waals surface area (Å²) in [5.41, 5.74) is 2.28. The van der Waals surface area contributed by atoms with Gasteiger partial charge in [0.2, 0.25) is 0 Å². The summed E-state index contributed by atoms with van der Waals surface area (Å²) in [6.07, 6.45) is -1.46. The molecule has 0 aliphatic carbocycles. The minimum Gasteiger partial charge on any atom is -0.480 e. The van der Waals surface area contributed by atoms with E-state index < -0.39 is 23.8 Å². The number of hydrogen-bond donors (Lipinski definition) is 2. The maximum absolute atomic E-state index is 13.0. The predicted octanol–water partition coefficient (Wildman–Crippen LogP) is 5.21. The van der Waals surface area contributed by atoms with Crippen molar-refractivity contribution >= 4 is 28.5 Å². The van der Waals surface area contributed by atoms with Crippen LogP contribution in [0.4, 0.5) is 24.7 Å². The summed E-state index contributed by atoms with van der Waals surface area (Å²) < 4.78 is 39.0. The summed E-state index contributed by atoms with van der Waals surface area (Å²) in [6, 6.07) is 11.4. The molecule has 8 nitrogen and oxygen atoms in total. The van der Waals surface area contributed by atoms with Gasteiger partial charge in [-0.05, 0) is 74.3 Å². The number of hydrogen-bond acceptors (Lipinski definition) is 7. The highest BCUT2D eigenvalue weighted by Crippen LogP contribution is 2.32. The largest absolute Gasteiger partial charge is 0.480 e. The average molecular weight is 509 g/mol. The SMILES string of the molecule is Cc1cccnc1-c1ccc2c(Nc3ccc(C(F)(F)F)cc3)nc(CN3CCCC3C(=O)O)nc2n1. The molecule has 3 aromatic heterocycles. The number of alkyl halides is 3. The molecule has 1 aliphatic heterocycles. The van der Waals surface area contributed by atoms with Crippen LogP contribution in [0, 0.1) is 6.92 Å². The predicted molar refractivity (Wildman–Crippen MR) is 131 cm³/mol. The van der Waals surface area contributed by atoms with E-state index >= 15 is 0 Å². The standard InChI is InChI=1S/C26H23F3N6O2/c1-15-4-2-12-30-22(15)19-11-10-18-23(31-17-8-6-16(7-9-17)26(27,28)29)33-21(34-24(18)32-19)14-35-13-3-5-20(35)25(36)37/h2,4,6-12,20H,3,5,13-14H2,1H3,(H,36,37)(H,31,32,33,34). The normalized spacial score (nSPS) is 16.3. The number of rotatable bonds is 6. The van der Waals surface area contributed by atoms with Crippen LogP contribution < -0.4 is 5.32 Å². The number of carboxylic acids is 1. The second kappa shape index (κ2) is 9.74. The third-order valence-corrected chi connectivity index (χ3v) is 6.33. The molecule has 2 N–H and O–H groups in total. The fourth-order valence-electron chi connectivity index (χ4n) is 4.46. The highest BCUT2D eigenvalue weighted by molar-refractivity contribution is 5.90. The zero-order chi connectivity index (χ0) is 26.2. The summed E-state index contributed by atoms with van der Waals surface area (Å²) in [5.74, 6) is -0.174. The number of anilines is 2. The lowest BCUT2D eigenvalue weighted by atomic mass is 10.1. The van der Waals surface area contributed by atoms with Crippen molar-refractivity contribution in [1.82, 2.24) is 24.8 Å². The van der Waals surface area contributed by atoms with Crippen LogP contribution >= 0.6 is 0 Å². The zero-order valence-electron chi connectivity index (χ0n) is 19.8. The molecule has 1 aliphatic rings. The van der Waals surface area contributed by atoms with Crippen molar-refractivity contribution in [2.24, 2.45) is 0 Å². The highest BCUT2D eigenvalue weighted by atomic mass is 19.4. The number of halogens is 3. The van der Waals surface area contributed by atoms with Gasteiger partial charge in [-0.2, -0.15) is 13.2 Å². The summed E-state index contributed by atoms with van der Waals surface area (Å²) in [6.45, 7) is 2.72. The Morgan fingerprint density at radius 1 is 1.11 bits per heavy atom. The molecule has 1 atom stereocenters. The van der Waals surface area contributed by atoms with Gasteiger partial charge in [-0.3, -0.25) is 14.7 Å². The number of benzene rings is 1. The second-order valence-corrected chi connectivity index (χ2v) is 8.89. The monoisotopic (exact) mass is 508 g/mol. The lowest BCUT2D eigenvalue weighted by molar-refractivity contribution is -0.142. The second-order valence-electron chi connectivity index (χ2n) is 8.89. The molecule has 190 valence electrons. The highest BCUT2D eigenvalue weighted by Gasteiger charge is 2.31. The van der Waals surface area contributed by atoms with Crippen molar-refractivity contribution < 1.29 is 23.1 Å². The van der Waals surface area contributed by atoms with E-state index in [1.165, 1.54) is 12.1 Å². The Kier molecular flexibility index (Phi) is 6.46. The Morgan fingerprint density at radius 3 is 2.59 bits per heavy atom. The molecule has 5 rings (SSSR count). The van der Waals surface area contributed by atoms with E-state index in [-0.39, 0.29) is 6.54 Å². The van der Waals surface area contributed by atoms with Gasteiger partial charge < -0.3 is 10.4 Å². The maximum Gasteiger partial charge on any atom is 0.416 e. The van der Waals surface area contributed by atoms with E-state index in [0.29, 0.717) is 52.7 Å². The topological polar surface area (TPSA) is 104 Å². The van der Waals surface area contributed by atoms with Crippen LogP contribution in [0.2, 0.25) is 0 Å². The quantitative estimate of drug-likeness (QED) is 0.366. The van der Waals surface area contributed by atoms with Crippen molar-refractivity contribution in [2.75, 3.05) is 11.9 Å². The number of likely N-dealkylation sites (tertiary alicyclic amines) is 1. The number of carbonyl (C=O) groups is 1. The van der Waals surface area contributed by atoms with E-state index in [4.69, 9.17) is 4.98 Å². The number of fused-ring (bicyclic) bond motifs is 1. The first-order chi connectivity index (χ1) is 17.7.